The maximum Gasteiger partial charge on any atom is 0.244 e. The Bertz CT molecular complexity index is 1160. The predicted octanol–water partition coefficient (Wildman–Crippen LogP) is 2.37. The summed E-state index contributed by atoms with van der Waals surface area (Å²) in [4.78, 5) is 12.2. The third-order valence-corrected chi connectivity index (χ3v) is 7.18. The summed E-state index contributed by atoms with van der Waals surface area (Å²) in [6.07, 6.45) is 1.43. The third-order valence-electron chi connectivity index (χ3n) is 4.38. The molecule has 1 atom stereocenters. The molecule has 0 aromatic heterocycles. The molecule has 2 rings (SSSR count). The summed E-state index contributed by atoms with van der Waals surface area (Å²) in [7, 11) is -7.80. The Hall–Kier alpha value is -2.60. The van der Waals surface area contributed by atoms with Crippen LogP contribution in [0.2, 0.25) is 0 Å². The van der Waals surface area contributed by atoms with Crippen molar-refractivity contribution in [3.8, 4) is 0 Å². The Morgan fingerprint density at radius 2 is 1.69 bits per heavy atom. The molecule has 11 heteroatoms. The van der Waals surface area contributed by atoms with E-state index in [9.17, 15) is 26.0 Å². The van der Waals surface area contributed by atoms with Crippen molar-refractivity contribution in [3.63, 3.8) is 0 Å². The third kappa shape index (κ3) is 7.23. The highest BCUT2D eigenvalue weighted by molar-refractivity contribution is 7.89. The quantitative estimate of drug-likeness (QED) is 0.424. The fourth-order valence-electron chi connectivity index (χ4n) is 2.75. The van der Waals surface area contributed by atoms with E-state index in [0.29, 0.717) is 11.3 Å². The topological polar surface area (TPSA) is 121 Å². The van der Waals surface area contributed by atoms with E-state index in [4.69, 9.17) is 0 Å². The average molecular weight is 484 g/mol. The maximum absolute atomic E-state index is 13.9. The second kappa shape index (κ2) is 10.8. The van der Waals surface area contributed by atoms with Gasteiger partial charge in [-0.1, -0.05) is 44.2 Å². The normalized spacial score (nSPS) is 13.0. The monoisotopic (exact) mass is 483 g/mol. The second-order valence-electron chi connectivity index (χ2n) is 7.36. The van der Waals surface area contributed by atoms with Crippen LogP contribution >= 0.6 is 0 Å². The molecule has 0 radical (unpaired) electrons. The average Bonchev–Trinajstić information content (AvgIpc) is 2.71. The number of hydrogen-bond donors (Lipinski definition) is 3. The molecule has 0 spiro atoms. The van der Waals surface area contributed by atoms with Crippen LogP contribution in [0.15, 0.2) is 66.1 Å². The molecule has 0 fully saturated rings. The predicted molar refractivity (Wildman–Crippen MR) is 121 cm³/mol. The molecule has 0 unspecified atom stereocenters. The Labute approximate surface area is 188 Å². The van der Waals surface area contributed by atoms with Crippen LogP contribution in [0.4, 0.5) is 10.1 Å². The zero-order chi connectivity index (χ0) is 23.9. The number of amides is 1. The lowest BCUT2D eigenvalue weighted by Crippen LogP contribution is -2.47. The summed E-state index contributed by atoms with van der Waals surface area (Å²) in [6.45, 7) is 6.87. The summed E-state index contributed by atoms with van der Waals surface area (Å²) >= 11 is 0. The lowest BCUT2D eigenvalue weighted by molar-refractivity contribution is -0.118. The van der Waals surface area contributed by atoms with Gasteiger partial charge < -0.3 is 5.32 Å². The van der Waals surface area contributed by atoms with Gasteiger partial charge in [0, 0.05) is 12.2 Å². The van der Waals surface area contributed by atoms with Crippen LogP contribution in [0.1, 0.15) is 19.4 Å². The van der Waals surface area contributed by atoms with Crippen molar-refractivity contribution in [2.45, 2.75) is 30.5 Å². The van der Waals surface area contributed by atoms with E-state index in [1.807, 2.05) is 0 Å². The summed E-state index contributed by atoms with van der Waals surface area (Å²) in [5.41, 5.74) is 0.853. The van der Waals surface area contributed by atoms with Crippen molar-refractivity contribution in [1.29, 1.82) is 0 Å². The second-order valence-corrected chi connectivity index (χ2v) is 10.8. The number of carbonyl (C=O) groups is 1. The fourth-order valence-corrected chi connectivity index (χ4v) is 5.27. The van der Waals surface area contributed by atoms with Gasteiger partial charge in [0.15, 0.2) is 0 Å². The number of nitrogens with one attached hydrogen (secondary N) is 3. The molecule has 2 aromatic carbocycles. The first kappa shape index (κ1) is 25.7. The van der Waals surface area contributed by atoms with Crippen LogP contribution in [0.3, 0.4) is 0 Å². The van der Waals surface area contributed by atoms with Crippen LogP contribution in [0.25, 0.3) is 0 Å². The Kier molecular flexibility index (Phi) is 8.67. The fraction of sp³-hybridized carbons (Fsp3) is 0.286. The van der Waals surface area contributed by atoms with Gasteiger partial charge in [0.05, 0.1) is 5.75 Å². The molecule has 0 bridgehead atoms. The van der Waals surface area contributed by atoms with E-state index in [1.165, 1.54) is 42.5 Å². The van der Waals surface area contributed by atoms with Crippen LogP contribution in [-0.4, -0.2) is 35.3 Å². The first-order valence-electron chi connectivity index (χ1n) is 9.70. The minimum Gasteiger partial charge on any atom is -0.325 e. The maximum atomic E-state index is 13.9. The Balaban J connectivity index is 2.11. The van der Waals surface area contributed by atoms with Crippen molar-refractivity contribution in [1.82, 2.24) is 9.44 Å². The van der Waals surface area contributed by atoms with Gasteiger partial charge in [-0.25, -0.2) is 25.9 Å². The van der Waals surface area contributed by atoms with E-state index >= 15 is 0 Å². The minimum absolute atomic E-state index is 0.121. The molecule has 0 aliphatic rings. The molecule has 2 aromatic rings. The zero-order valence-electron chi connectivity index (χ0n) is 17.7. The largest absolute Gasteiger partial charge is 0.325 e. The number of halogens is 1. The number of carbonyl (C=O) groups excluding carboxylic acids is 1. The SMILES string of the molecule is C=CCNS(=O)(=O)Cc1ccc(NC(=O)[C@@H](NS(=O)(=O)c2ccccc2F)C(C)C)cc1. The van der Waals surface area contributed by atoms with Crippen LogP contribution in [0, 0.1) is 11.7 Å². The Morgan fingerprint density at radius 1 is 1.06 bits per heavy atom. The zero-order valence-corrected chi connectivity index (χ0v) is 19.3. The molecule has 0 aliphatic heterocycles. The first-order valence-corrected chi connectivity index (χ1v) is 12.8. The van der Waals surface area contributed by atoms with Crippen molar-refractivity contribution in [2.75, 3.05) is 11.9 Å². The van der Waals surface area contributed by atoms with Gasteiger partial charge in [0.2, 0.25) is 26.0 Å². The number of rotatable bonds is 11. The number of benzene rings is 2. The lowest BCUT2D eigenvalue weighted by Gasteiger charge is -2.22. The standard InChI is InChI=1S/C21H26FN3O5S2/c1-4-13-23-31(27,28)14-16-9-11-17(12-10-16)24-21(26)20(15(2)3)25-32(29,30)19-8-6-5-7-18(19)22/h4-12,15,20,23,25H,1,13-14H2,2-3H3,(H,24,26)/t20-/m0/s1. The first-order chi connectivity index (χ1) is 14.9. The Morgan fingerprint density at radius 3 is 2.25 bits per heavy atom. The molecular formula is C21H26FN3O5S2. The van der Waals surface area contributed by atoms with Gasteiger partial charge in [0.25, 0.3) is 0 Å². The summed E-state index contributed by atoms with van der Waals surface area (Å²) in [5.74, 6) is -2.23. The van der Waals surface area contributed by atoms with Gasteiger partial charge in [-0.3, -0.25) is 4.79 Å². The molecule has 0 saturated carbocycles. The highest BCUT2D eigenvalue weighted by atomic mass is 32.2. The van der Waals surface area contributed by atoms with Gasteiger partial charge in [-0.15, -0.1) is 6.58 Å². The number of anilines is 1. The highest BCUT2D eigenvalue weighted by Gasteiger charge is 2.30. The van der Waals surface area contributed by atoms with E-state index in [-0.39, 0.29) is 12.3 Å². The van der Waals surface area contributed by atoms with E-state index in [0.717, 1.165) is 12.1 Å². The lowest BCUT2D eigenvalue weighted by atomic mass is 10.0. The van der Waals surface area contributed by atoms with Crippen molar-refractivity contribution < 1.29 is 26.0 Å². The van der Waals surface area contributed by atoms with Gasteiger partial charge in [0.1, 0.15) is 16.8 Å². The smallest absolute Gasteiger partial charge is 0.244 e. The van der Waals surface area contributed by atoms with Crippen LogP contribution < -0.4 is 14.8 Å². The highest BCUT2D eigenvalue weighted by Crippen LogP contribution is 2.17. The van der Waals surface area contributed by atoms with Crippen LogP contribution in [0.5, 0.6) is 0 Å². The molecular weight excluding hydrogens is 457 g/mol. The number of hydrogen-bond acceptors (Lipinski definition) is 5. The van der Waals surface area contributed by atoms with Crippen molar-refractivity contribution in [2.24, 2.45) is 5.92 Å². The molecule has 0 aliphatic carbocycles. The van der Waals surface area contributed by atoms with Crippen molar-refractivity contribution in [3.05, 3.63) is 72.6 Å². The summed E-state index contributed by atoms with van der Waals surface area (Å²) in [5, 5.41) is 2.60. The van der Waals surface area contributed by atoms with E-state index in [1.54, 1.807) is 13.8 Å². The van der Waals surface area contributed by atoms with E-state index in [2.05, 4.69) is 21.3 Å². The summed E-state index contributed by atoms with van der Waals surface area (Å²) < 4.78 is 67.6. The molecule has 0 heterocycles. The molecule has 0 saturated heterocycles. The molecule has 1 amide bonds. The number of sulfonamides is 2. The minimum atomic E-state index is -4.27. The van der Waals surface area contributed by atoms with Crippen LogP contribution in [-0.2, 0) is 30.6 Å². The molecule has 3 N–H and O–H groups in total. The van der Waals surface area contributed by atoms with Gasteiger partial charge >= 0.3 is 0 Å². The van der Waals surface area contributed by atoms with E-state index < -0.39 is 48.6 Å². The molecule has 174 valence electrons. The van der Waals surface area contributed by atoms with Gasteiger partial charge in [-0.2, -0.15) is 4.72 Å². The summed E-state index contributed by atoms with van der Waals surface area (Å²) in [6, 6.07) is 9.83. The molecule has 32 heavy (non-hydrogen) atoms. The van der Waals surface area contributed by atoms with Crippen molar-refractivity contribution >= 4 is 31.6 Å². The van der Waals surface area contributed by atoms with Gasteiger partial charge in [-0.05, 0) is 35.7 Å². The molecule has 8 nitrogen and oxygen atoms in total.